The molecule has 1 aliphatic heterocycles. The van der Waals surface area contributed by atoms with Crippen molar-refractivity contribution in [2.24, 2.45) is 5.73 Å². The summed E-state index contributed by atoms with van der Waals surface area (Å²) in [5.41, 5.74) is 9.08. The van der Waals surface area contributed by atoms with Gasteiger partial charge in [0.2, 0.25) is 0 Å². The Bertz CT molecular complexity index is 1000. The predicted molar refractivity (Wildman–Crippen MR) is 111 cm³/mol. The Kier molecular flexibility index (Phi) is 4.64. The SMILES string of the molecule is NCCn1nc(C2CCN(C(=O)c3cc4c(s3)CCCC4)C2)c2cccnc21. The first-order valence-corrected chi connectivity index (χ1v) is 11.0. The van der Waals surface area contributed by atoms with E-state index in [9.17, 15) is 4.79 Å². The van der Waals surface area contributed by atoms with Crippen LogP contribution in [0.3, 0.4) is 0 Å². The van der Waals surface area contributed by atoms with E-state index in [0.29, 0.717) is 13.1 Å². The van der Waals surface area contributed by atoms with Gasteiger partial charge in [0.15, 0.2) is 5.65 Å². The minimum absolute atomic E-state index is 0.186. The molecule has 5 rings (SSSR count). The number of thiophene rings is 1. The number of aryl methyl sites for hydroxylation is 2. The summed E-state index contributed by atoms with van der Waals surface area (Å²) in [5.74, 6) is 0.440. The first-order valence-electron chi connectivity index (χ1n) is 10.2. The molecule has 3 aromatic heterocycles. The average molecular weight is 396 g/mol. The molecule has 3 aromatic rings. The van der Waals surface area contributed by atoms with E-state index in [1.807, 2.05) is 15.6 Å². The van der Waals surface area contributed by atoms with Crippen LogP contribution in [0.2, 0.25) is 0 Å². The lowest BCUT2D eigenvalue weighted by atomic mass is 9.99. The lowest BCUT2D eigenvalue weighted by Crippen LogP contribution is -2.27. The summed E-state index contributed by atoms with van der Waals surface area (Å²) in [6.07, 6.45) is 7.49. The molecule has 4 heterocycles. The number of amides is 1. The lowest BCUT2D eigenvalue weighted by molar-refractivity contribution is 0.0795. The number of hydrogen-bond donors (Lipinski definition) is 1. The molecule has 1 aliphatic carbocycles. The number of carbonyl (C=O) groups is 1. The monoisotopic (exact) mass is 395 g/mol. The van der Waals surface area contributed by atoms with E-state index in [-0.39, 0.29) is 11.8 Å². The molecular formula is C21H25N5OS. The molecular weight excluding hydrogens is 370 g/mol. The van der Waals surface area contributed by atoms with Crippen molar-refractivity contribution in [2.75, 3.05) is 19.6 Å². The number of pyridine rings is 1. The van der Waals surface area contributed by atoms with Gasteiger partial charge in [0, 0.05) is 42.0 Å². The molecule has 1 amide bonds. The van der Waals surface area contributed by atoms with Gasteiger partial charge in [-0.05, 0) is 55.9 Å². The number of fused-ring (bicyclic) bond motifs is 2. The first-order chi connectivity index (χ1) is 13.7. The summed E-state index contributed by atoms with van der Waals surface area (Å²) in [7, 11) is 0. The lowest BCUT2D eigenvalue weighted by Gasteiger charge is -2.15. The molecule has 1 unspecified atom stereocenters. The van der Waals surface area contributed by atoms with Crippen molar-refractivity contribution in [3.63, 3.8) is 0 Å². The van der Waals surface area contributed by atoms with Crippen LogP contribution in [0.15, 0.2) is 24.4 Å². The molecule has 146 valence electrons. The predicted octanol–water partition coefficient (Wildman–Crippen LogP) is 2.96. The molecule has 1 atom stereocenters. The van der Waals surface area contributed by atoms with Gasteiger partial charge in [-0.25, -0.2) is 9.67 Å². The van der Waals surface area contributed by atoms with Crippen LogP contribution in [0.1, 0.15) is 51.0 Å². The fraction of sp³-hybridized carbons (Fsp3) is 0.476. The van der Waals surface area contributed by atoms with Gasteiger partial charge in [0.25, 0.3) is 5.91 Å². The van der Waals surface area contributed by atoms with E-state index >= 15 is 0 Å². The van der Waals surface area contributed by atoms with Gasteiger partial charge >= 0.3 is 0 Å². The Labute approximate surface area is 168 Å². The second-order valence-corrected chi connectivity index (χ2v) is 8.91. The zero-order chi connectivity index (χ0) is 19.1. The fourth-order valence-electron chi connectivity index (χ4n) is 4.53. The third kappa shape index (κ3) is 3.02. The van der Waals surface area contributed by atoms with E-state index in [4.69, 9.17) is 10.8 Å². The molecule has 1 saturated heterocycles. The van der Waals surface area contributed by atoms with Crippen LogP contribution in [-0.2, 0) is 19.4 Å². The van der Waals surface area contributed by atoms with Gasteiger partial charge in [-0.1, -0.05) is 0 Å². The van der Waals surface area contributed by atoms with Gasteiger partial charge in [-0.2, -0.15) is 5.10 Å². The Morgan fingerprint density at radius 3 is 3.07 bits per heavy atom. The minimum Gasteiger partial charge on any atom is -0.337 e. The molecule has 28 heavy (non-hydrogen) atoms. The maximum absolute atomic E-state index is 13.1. The molecule has 0 bridgehead atoms. The van der Waals surface area contributed by atoms with Crippen molar-refractivity contribution in [3.05, 3.63) is 45.4 Å². The molecule has 0 radical (unpaired) electrons. The Balaban J connectivity index is 1.38. The Morgan fingerprint density at radius 2 is 2.21 bits per heavy atom. The largest absolute Gasteiger partial charge is 0.337 e. The topological polar surface area (TPSA) is 77.0 Å². The number of rotatable bonds is 4. The highest BCUT2D eigenvalue weighted by atomic mass is 32.1. The maximum Gasteiger partial charge on any atom is 0.263 e. The number of likely N-dealkylation sites (tertiary alicyclic amines) is 1. The maximum atomic E-state index is 13.1. The van der Waals surface area contributed by atoms with E-state index in [2.05, 4.69) is 17.1 Å². The van der Waals surface area contributed by atoms with E-state index < -0.39 is 0 Å². The number of nitrogens with zero attached hydrogens (tertiary/aromatic N) is 4. The smallest absolute Gasteiger partial charge is 0.263 e. The summed E-state index contributed by atoms with van der Waals surface area (Å²) in [4.78, 5) is 21.9. The van der Waals surface area contributed by atoms with Crippen LogP contribution < -0.4 is 5.73 Å². The van der Waals surface area contributed by atoms with Crippen molar-refractivity contribution < 1.29 is 4.79 Å². The molecule has 0 spiro atoms. The van der Waals surface area contributed by atoms with Gasteiger partial charge in [-0.3, -0.25) is 4.79 Å². The van der Waals surface area contributed by atoms with E-state index in [1.54, 1.807) is 17.5 Å². The van der Waals surface area contributed by atoms with Gasteiger partial charge in [0.1, 0.15) is 0 Å². The summed E-state index contributed by atoms with van der Waals surface area (Å²) in [6.45, 7) is 2.71. The van der Waals surface area contributed by atoms with Crippen molar-refractivity contribution in [1.82, 2.24) is 19.7 Å². The van der Waals surface area contributed by atoms with Gasteiger partial charge in [-0.15, -0.1) is 11.3 Å². The molecule has 1 fully saturated rings. The van der Waals surface area contributed by atoms with Gasteiger partial charge < -0.3 is 10.6 Å². The summed E-state index contributed by atoms with van der Waals surface area (Å²) < 4.78 is 1.91. The molecule has 7 heteroatoms. The average Bonchev–Trinajstić information content (AvgIpc) is 3.44. The van der Waals surface area contributed by atoms with Crippen LogP contribution in [0.4, 0.5) is 0 Å². The number of carbonyl (C=O) groups excluding carboxylic acids is 1. The Morgan fingerprint density at radius 1 is 1.32 bits per heavy atom. The first kappa shape index (κ1) is 17.8. The van der Waals surface area contributed by atoms with Crippen LogP contribution in [0.5, 0.6) is 0 Å². The summed E-state index contributed by atoms with van der Waals surface area (Å²) in [5, 5.41) is 5.90. The molecule has 0 aromatic carbocycles. The zero-order valence-electron chi connectivity index (χ0n) is 15.9. The molecule has 0 saturated carbocycles. The molecule has 2 N–H and O–H groups in total. The standard InChI is InChI=1S/C21H25N5OS/c22-8-11-26-20-16(5-3-9-23-20)19(24-26)15-7-10-25(13-15)21(27)18-12-14-4-1-2-6-17(14)28-18/h3,5,9,12,15H,1-2,4,6-8,10-11,13,22H2. The van der Waals surface area contributed by atoms with Crippen molar-refractivity contribution in [3.8, 4) is 0 Å². The van der Waals surface area contributed by atoms with Gasteiger partial charge in [0.05, 0.1) is 17.1 Å². The van der Waals surface area contributed by atoms with E-state index in [1.165, 1.54) is 23.3 Å². The van der Waals surface area contributed by atoms with Crippen LogP contribution >= 0.6 is 11.3 Å². The highest BCUT2D eigenvalue weighted by molar-refractivity contribution is 7.14. The highest BCUT2D eigenvalue weighted by Gasteiger charge is 2.32. The number of aromatic nitrogens is 3. The van der Waals surface area contributed by atoms with Crippen molar-refractivity contribution in [1.29, 1.82) is 0 Å². The number of nitrogens with two attached hydrogens (primary N) is 1. The Hall–Kier alpha value is -2.25. The quantitative estimate of drug-likeness (QED) is 0.737. The second kappa shape index (κ2) is 7.29. The van der Waals surface area contributed by atoms with Crippen LogP contribution in [0.25, 0.3) is 11.0 Å². The van der Waals surface area contributed by atoms with Crippen LogP contribution in [0, 0.1) is 0 Å². The van der Waals surface area contributed by atoms with Crippen molar-refractivity contribution in [2.45, 2.75) is 44.6 Å². The minimum atomic E-state index is 0.186. The normalized spacial score (nSPS) is 19.3. The third-order valence-corrected chi connectivity index (χ3v) is 7.17. The highest BCUT2D eigenvalue weighted by Crippen LogP contribution is 2.34. The number of hydrogen-bond acceptors (Lipinski definition) is 5. The summed E-state index contributed by atoms with van der Waals surface area (Å²) in [6, 6.07) is 6.17. The second-order valence-electron chi connectivity index (χ2n) is 7.77. The van der Waals surface area contributed by atoms with Crippen molar-refractivity contribution >= 4 is 28.3 Å². The molecule has 6 nitrogen and oxygen atoms in total. The zero-order valence-corrected chi connectivity index (χ0v) is 16.7. The van der Waals surface area contributed by atoms with Crippen LogP contribution in [-0.4, -0.2) is 45.2 Å². The molecule has 2 aliphatic rings. The van der Waals surface area contributed by atoms with E-state index in [0.717, 1.165) is 54.0 Å². The summed E-state index contributed by atoms with van der Waals surface area (Å²) >= 11 is 1.71. The fourth-order valence-corrected chi connectivity index (χ4v) is 5.75. The third-order valence-electron chi connectivity index (χ3n) is 5.95.